The van der Waals surface area contributed by atoms with Crippen LogP contribution in [0.4, 0.5) is 0 Å². The Morgan fingerprint density at radius 1 is 1.30 bits per heavy atom. The summed E-state index contributed by atoms with van der Waals surface area (Å²) in [6.07, 6.45) is 1.79. The number of carbonyl (C=O) groups excluding carboxylic acids is 1. The molecule has 0 aliphatic heterocycles. The average Bonchev–Trinajstić information content (AvgIpc) is 3.22. The van der Waals surface area contributed by atoms with E-state index in [4.69, 9.17) is 8.83 Å². The number of aromatic nitrogens is 1. The van der Waals surface area contributed by atoms with Crippen molar-refractivity contribution < 1.29 is 13.6 Å². The van der Waals surface area contributed by atoms with Crippen molar-refractivity contribution in [3.63, 3.8) is 0 Å². The zero-order valence-electron chi connectivity index (χ0n) is 13.3. The van der Waals surface area contributed by atoms with Crippen molar-refractivity contribution >= 4 is 17.2 Å². The van der Waals surface area contributed by atoms with Crippen molar-refractivity contribution in [2.24, 2.45) is 0 Å². The van der Waals surface area contributed by atoms with Gasteiger partial charge in [-0.1, -0.05) is 0 Å². The van der Waals surface area contributed by atoms with E-state index in [1.54, 1.807) is 41.7 Å². The largest absolute Gasteiger partial charge is 0.459 e. The summed E-state index contributed by atoms with van der Waals surface area (Å²) >= 11 is 1.70. The number of oxazole rings is 1. The molecule has 0 bridgehead atoms. The predicted octanol–water partition coefficient (Wildman–Crippen LogP) is 3.81. The summed E-state index contributed by atoms with van der Waals surface area (Å²) in [7, 11) is 1.81. The number of amides is 1. The lowest BCUT2D eigenvalue weighted by Crippen LogP contribution is -2.27. The van der Waals surface area contributed by atoms with Crippen molar-refractivity contribution in [3.05, 3.63) is 51.7 Å². The summed E-state index contributed by atoms with van der Waals surface area (Å²) in [4.78, 5) is 20.9. The van der Waals surface area contributed by atoms with Gasteiger partial charge in [0.15, 0.2) is 5.76 Å². The molecule has 3 rings (SSSR count). The van der Waals surface area contributed by atoms with Gasteiger partial charge in [-0.25, -0.2) is 4.98 Å². The second-order valence-corrected chi connectivity index (χ2v) is 6.81. The Morgan fingerprint density at radius 3 is 2.78 bits per heavy atom. The molecule has 0 aromatic carbocycles. The van der Waals surface area contributed by atoms with Crippen LogP contribution in [0.1, 0.15) is 21.2 Å². The van der Waals surface area contributed by atoms with Crippen LogP contribution in [0.3, 0.4) is 0 Å². The van der Waals surface area contributed by atoms with Crippen LogP contribution in [0.5, 0.6) is 0 Å². The van der Waals surface area contributed by atoms with Gasteiger partial charge in [0, 0.05) is 16.8 Å². The van der Waals surface area contributed by atoms with Crippen LogP contribution in [0.2, 0.25) is 0 Å². The van der Waals surface area contributed by atoms with Crippen LogP contribution in [0.25, 0.3) is 11.7 Å². The van der Waals surface area contributed by atoms with Crippen molar-refractivity contribution in [2.45, 2.75) is 26.8 Å². The lowest BCUT2D eigenvalue weighted by atomic mass is 10.2. The standard InChI is InChI=1S/C17H18N2O3S/c1-11-6-7-13(23-11)10-19(3)16(20)9-14-12(2)22-17(18-14)15-5-4-8-21-15/h4-8H,9-10H2,1-3H3. The molecule has 3 aromatic heterocycles. The van der Waals surface area contributed by atoms with Crippen LogP contribution in [-0.4, -0.2) is 22.8 Å². The van der Waals surface area contributed by atoms with Crippen LogP contribution in [-0.2, 0) is 17.8 Å². The van der Waals surface area contributed by atoms with Gasteiger partial charge in [-0.3, -0.25) is 4.79 Å². The Kier molecular flexibility index (Phi) is 4.34. The average molecular weight is 330 g/mol. The van der Waals surface area contributed by atoms with E-state index in [2.05, 4.69) is 24.0 Å². The molecule has 0 N–H and O–H groups in total. The van der Waals surface area contributed by atoms with E-state index in [0.717, 1.165) is 0 Å². The van der Waals surface area contributed by atoms with E-state index in [1.807, 2.05) is 6.92 Å². The highest BCUT2D eigenvalue weighted by molar-refractivity contribution is 7.11. The molecule has 1 amide bonds. The number of furan rings is 1. The number of hydrogen-bond acceptors (Lipinski definition) is 5. The Bertz CT molecular complexity index is 802. The molecule has 0 aliphatic rings. The summed E-state index contributed by atoms with van der Waals surface area (Å²) < 4.78 is 10.9. The number of likely N-dealkylation sites (N-methyl/N-ethyl adjacent to an activating group) is 1. The molecular formula is C17H18N2O3S. The smallest absolute Gasteiger partial charge is 0.263 e. The number of carbonyl (C=O) groups is 1. The lowest BCUT2D eigenvalue weighted by Gasteiger charge is -2.15. The van der Waals surface area contributed by atoms with E-state index in [-0.39, 0.29) is 12.3 Å². The van der Waals surface area contributed by atoms with Crippen molar-refractivity contribution in [1.82, 2.24) is 9.88 Å². The summed E-state index contributed by atoms with van der Waals surface area (Å²) in [5, 5.41) is 0. The number of thiophene rings is 1. The second-order valence-electron chi connectivity index (χ2n) is 5.44. The topological polar surface area (TPSA) is 59.5 Å². The molecule has 23 heavy (non-hydrogen) atoms. The lowest BCUT2D eigenvalue weighted by molar-refractivity contribution is -0.129. The maximum atomic E-state index is 12.4. The minimum atomic E-state index is 0.0125. The Morgan fingerprint density at radius 2 is 2.13 bits per heavy atom. The first-order valence-electron chi connectivity index (χ1n) is 7.32. The summed E-state index contributed by atoms with van der Waals surface area (Å²) in [6.45, 7) is 4.48. The van der Waals surface area contributed by atoms with Crippen LogP contribution in [0, 0.1) is 13.8 Å². The van der Waals surface area contributed by atoms with Gasteiger partial charge in [0.05, 0.1) is 24.9 Å². The molecule has 0 aliphatic carbocycles. The third-order valence-electron chi connectivity index (χ3n) is 3.56. The predicted molar refractivity (Wildman–Crippen MR) is 88.2 cm³/mol. The first-order chi connectivity index (χ1) is 11.0. The number of nitrogens with zero attached hydrogens (tertiary/aromatic N) is 2. The summed E-state index contributed by atoms with van der Waals surface area (Å²) in [5.74, 6) is 1.63. The zero-order chi connectivity index (χ0) is 16.4. The molecule has 3 aromatic rings. The quantitative estimate of drug-likeness (QED) is 0.713. The van der Waals surface area contributed by atoms with Gasteiger partial charge < -0.3 is 13.7 Å². The van der Waals surface area contributed by atoms with E-state index in [9.17, 15) is 4.79 Å². The fourth-order valence-corrected chi connectivity index (χ4v) is 3.21. The molecule has 0 radical (unpaired) electrons. The maximum Gasteiger partial charge on any atom is 0.263 e. The molecule has 3 heterocycles. The molecular weight excluding hydrogens is 312 g/mol. The van der Waals surface area contributed by atoms with Gasteiger partial charge in [0.1, 0.15) is 5.76 Å². The Labute approximate surface area is 138 Å². The molecule has 0 saturated heterocycles. The van der Waals surface area contributed by atoms with Gasteiger partial charge in [-0.15, -0.1) is 11.3 Å². The second kappa shape index (κ2) is 6.42. The van der Waals surface area contributed by atoms with Crippen LogP contribution < -0.4 is 0 Å². The molecule has 0 fully saturated rings. The number of hydrogen-bond donors (Lipinski definition) is 0. The summed E-state index contributed by atoms with van der Waals surface area (Å²) in [6, 6.07) is 7.68. The Balaban J connectivity index is 1.67. The Hall–Kier alpha value is -2.34. The van der Waals surface area contributed by atoms with E-state index >= 15 is 0 Å². The van der Waals surface area contributed by atoms with Gasteiger partial charge >= 0.3 is 0 Å². The van der Waals surface area contributed by atoms with Crippen LogP contribution in [0.15, 0.2) is 39.4 Å². The van der Waals surface area contributed by atoms with Crippen molar-refractivity contribution in [1.29, 1.82) is 0 Å². The van der Waals surface area contributed by atoms with Crippen molar-refractivity contribution in [3.8, 4) is 11.7 Å². The van der Waals surface area contributed by atoms with Crippen LogP contribution >= 0.6 is 11.3 Å². The molecule has 6 heteroatoms. The maximum absolute atomic E-state index is 12.4. The molecule has 5 nitrogen and oxygen atoms in total. The highest BCUT2D eigenvalue weighted by Crippen LogP contribution is 2.23. The van der Waals surface area contributed by atoms with Gasteiger partial charge in [-0.2, -0.15) is 0 Å². The van der Waals surface area contributed by atoms with E-state index in [0.29, 0.717) is 29.6 Å². The molecule has 0 saturated carbocycles. The first kappa shape index (κ1) is 15.6. The monoisotopic (exact) mass is 330 g/mol. The van der Waals surface area contributed by atoms with Gasteiger partial charge in [0.2, 0.25) is 5.91 Å². The van der Waals surface area contributed by atoms with Gasteiger partial charge in [0.25, 0.3) is 5.89 Å². The van der Waals surface area contributed by atoms with Gasteiger partial charge in [-0.05, 0) is 38.1 Å². The zero-order valence-corrected chi connectivity index (χ0v) is 14.1. The van der Waals surface area contributed by atoms with E-state index < -0.39 is 0 Å². The van der Waals surface area contributed by atoms with Crippen molar-refractivity contribution in [2.75, 3.05) is 7.05 Å². The highest BCUT2D eigenvalue weighted by atomic mass is 32.1. The number of aryl methyl sites for hydroxylation is 2. The highest BCUT2D eigenvalue weighted by Gasteiger charge is 2.18. The summed E-state index contributed by atoms with van der Waals surface area (Å²) in [5.41, 5.74) is 0.649. The minimum Gasteiger partial charge on any atom is -0.459 e. The third-order valence-corrected chi connectivity index (χ3v) is 4.54. The molecule has 0 unspecified atom stereocenters. The fraction of sp³-hybridized carbons (Fsp3) is 0.294. The first-order valence-corrected chi connectivity index (χ1v) is 8.14. The minimum absolute atomic E-state index is 0.0125. The molecule has 0 spiro atoms. The molecule has 120 valence electrons. The molecule has 0 atom stereocenters. The third kappa shape index (κ3) is 3.53. The number of rotatable bonds is 5. The normalized spacial score (nSPS) is 10.9. The van der Waals surface area contributed by atoms with E-state index in [1.165, 1.54) is 9.75 Å². The fourth-order valence-electron chi connectivity index (χ4n) is 2.27. The SMILES string of the molecule is Cc1ccc(CN(C)C(=O)Cc2nc(-c3ccco3)oc2C)s1.